The summed E-state index contributed by atoms with van der Waals surface area (Å²) in [6.45, 7) is 29.5. The zero-order valence-electron chi connectivity index (χ0n) is 30.1. The van der Waals surface area contributed by atoms with Crippen LogP contribution >= 0.6 is 0 Å². The Morgan fingerprint density at radius 2 is 0.907 bits per heavy atom. The Morgan fingerprint density at radius 3 is 1.26 bits per heavy atom. The van der Waals surface area contributed by atoms with Crippen LogP contribution in [0.4, 0.5) is 0 Å². The summed E-state index contributed by atoms with van der Waals surface area (Å²) >= 11 is 0. The highest BCUT2D eigenvalue weighted by atomic mass is 16.5. The lowest BCUT2D eigenvalue weighted by molar-refractivity contribution is -0.142. The highest BCUT2D eigenvalue weighted by Gasteiger charge is 2.34. The Kier molecular flexibility index (Phi) is 15.9. The Balaban J connectivity index is 4.74. The van der Waals surface area contributed by atoms with Gasteiger partial charge in [-0.2, -0.15) is 0 Å². The van der Waals surface area contributed by atoms with E-state index in [4.69, 9.17) is 9.47 Å². The maximum atomic E-state index is 12.7. The fourth-order valence-electron chi connectivity index (χ4n) is 4.25. The fraction of sp³-hybridized carbons (Fsp3) is 0.941. The van der Waals surface area contributed by atoms with E-state index in [0.29, 0.717) is 26.1 Å². The fourth-order valence-corrected chi connectivity index (χ4v) is 4.25. The summed E-state index contributed by atoms with van der Waals surface area (Å²) in [7, 11) is 0. The van der Waals surface area contributed by atoms with Gasteiger partial charge >= 0.3 is 0 Å². The molecule has 0 aromatic rings. The van der Waals surface area contributed by atoms with Gasteiger partial charge in [0.15, 0.2) is 6.10 Å². The van der Waals surface area contributed by atoms with Crippen molar-refractivity contribution >= 4 is 11.8 Å². The molecule has 0 aliphatic heterocycles. The van der Waals surface area contributed by atoms with Crippen LogP contribution in [0.1, 0.15) is 142 Å². The first-order chi connectivity index (χ1) is 19.1. The van der Waals surface area contributed by atoms with E-state index in [2.05, 4.69) is 79.9 Å². The first-order valence-corrected chi connectivity index (χ1v) is 16.0. The van der Waals surface area contributed by atoms with Gasteiger partial charge in [-0.1, -0.05) is 41.5 Å². The van der Waals surface area contributed by atoms with Crippen LogP contribution in [0.25, 0.3) is 0 Å². The molecule has 0 saturated heterocycles. The normalized spacial score (nSPS) is 16.0. The molecule has 3 atom stereocenters. The summed E-state index contributed by atoms with van der Waals surface area (Å²) in [4.78, 5) is 25.4. The molecule has 2 amide bonds. The van der Waals surface area contributed by atoms with E-state index >= 15 is 0 Å². The van der Waals surface area contributed by atoms with E-state index in [9.17, 15) is 24.9 Å². The molecule has 43 heavy (non-hydrogen) atoms. The molecule has 0 aliphatic carbocycles. The van der Waals surface area contributed by atoms with Crippen LogP contribution in [0.15, 0.2) is 0 Å². The van der Waals surface area contributed by atoms with Crippen LogP contribution in [0.3, 0.4) is 0 Å². The van der Waals surface area contributed by atoms with E-state index in [1.165, 1.54) is 0 Å². The minimum absolute atomic E-state index is 0.216. The van der Waals surface area contributed by atoms with Crippen molar-refractivity contribution < 1.29 is 34.4 Å². The van der Waals surface area contributed by atoms with Crippen molar-refractivity contribution in [3.8, 4) is 0 Å². The quantitative estimate of drug-likeness (QED) is 0.133. The van der Waals surface area contributed by atoms with E-state index in [1.54, 1.807) is 0 Å². The number of ether oxygens (including phenoxy) is 2. The molecule has 5 N–H and O–H groups in total. The van der Waals surface area contributed by atoms with Gasteiger partial charge < -0.3 is 35.4 Å². The molecule has 0 radical (unpaired) electrons. The molecule has 0 spiro atoms. The van der Waals surface area contributed by atoms with Crippen molar-refractivity contribution in [2.45, 2.75) is 182 Å². The molecule has 0 aromatic carbocycles. The van der Waals surface area contributed by atoms with Crippen LogP contribution in [0, 0.1) is 10.8 Å². The van der Waals surface area contributed by atoms with E-state index in [1.807, 2.05) is 27.7 Å². The number of aliphatic hydroxyl groups excluding tert-OH is 3. The molecule has 0 rings (SSSR count). The maximum absolute atomic E-state index is 12.7. The van der Waals surface area contributed by atoms with Crippen LogP contribution in [-0.2, 0) is 19.1 Å². The van der Waals surface area contributed by atoms with E-state index in [0.717, 1.165) is 25.7 Å². The predicted octanol–water partition coefficient (Wildman–Crippen LogP) is 5.27. The van der Waals surface area contributed by atoms with Crippen molar-refractivity contribution in [3.05, 3.63) is 0 Å². The number of rotatable bonds is 19. The van der Waals surface area contributed by atoms with Gasteiger partial charge in [0.25, 0.3) is 5.91 Å². The van der Waals surface area contributed by atoms with Gasteiger partial charge in [0, 0.05) is 30.7 Å². The van der Waals surface area contributed by atoms with Crippen molar-refractivity contribution in [2.75, 3.05) is 13.2 Å². The van der Waals surface area contributed by atoms with E-state index in [-0.39, 0.29) is 22.0 Å². The highest BCUT2D eigenvalue weighted by Crippen LogP contribution is 2.29. The number of aliphatic hydroxyl groups is 3. The summed E-state index contributed by atoms with van der Waals surface area (Å²) in [5.41, 5.74) is -1.54. The average molecular weight is 617 g/mol. The maximum Gasteiger partial charge on any atom is 0.251 e. The first-order valence-electron chi connectivity index (χ1n) is 16.0. The Bertz CT molecular complexity index is 854. The third kappa shape index (κ3) is 20.4. The third-order valence-electron chi connectivity index (χ3n) is 7.72. The van der Waals surface area contributed by atoms with Crippen LogP contribution in [0.5, 0.6) is 0 Å². The van der Waals surface area contributed by atoms with Crippen molar-refractivity contribution in [1.29, 1.82) is 0 Å². The van der Waals surface area contributed by atoms with Crippen LogP contribution < -0.4 is 10.6 Å². The third-order valence-corrected chi connectivity index (χ3v) is 7.72. The Morgan fingerprint density at radius 1 is 0.558 bits per heavy atom. The van der Waals surface area contributed by atoms with Gasteiger partial charge in [0.05, 0.1) is 17.3 Å². The van der Waals surface area contributed by atoms with Gasteiger partial charge in [-0.15, -0.1) is 0 Å². The smallest absolute Gasteiger partial charge is 0.251 e. The number of hydrogen-bond acceptors (Lipinski definition) is 7. The van der Waals surface area contributed by atoms with Gasteiger partial charge in [-0.3, -0.25) is 9.59 Å². The minimum Gasteiger partial charge on any atom is -0.390 e. The molecule has 256 valence electrons. The second-order valence-electron chi connectivity index (χ2n) is 17.3. The van der Waals surface area contributed by atoms with Gasteiger partial charge in [0.1, 0.15) is 6.10 Å². The second-order valence-corrected chi connectivity index (χ2v) is 17.3. The van der Waals surface area contributed by atoms with Gasteiger partial charge in [-0.25, -0.2) is 0 Å². The lowest BCUT2D eigenvalue weighted by Crippen LogP contribution is -2.53. The summed E-state index contributed by atoms with van der Waals surface area (Å²) < 4.78 is 12.2. The van der Waals surface area contributed by atoms with Crippen molar-refractivity contribution in [3.63, 3.8) is 0 Å². The molecule has 0 heterocycles. The minimum atomic E-state index is -1.80. The zero-order chi connectivity index (χ0) is 34.1. The van der Waals surface area contributed by atoms with Crippen LogP contribution in [-0.4, -0.2) is 80.9 Å². The second kappa shape index (κ2) is 16.3. The van der Waals surface area contributed by atoms with E-state index < -0.39 is 47.6 Å². The monoisotopic (exact) mass is 617 g/mol. The van der Waals surface area contributed by atoms with Crippen LogP contribution in [0.2, 0.25) is 0 Å². The molecule has 0 bridgehead atoms. The molecule has 0 saturated carbocycles. The summed E-state index contributed by atoms with van der Waals surface area (Å²) in [6.07, 6.45) is -0.626. The number of carbonyl (C=O) groups is 2. The zero-order valence-corrected chi connectivity index (χ0v) is 30.1. The summed E-state index contributed by atoms with van der Waals surface area (Å²) in [6, 6.07) is 0. The molecule has 0 unspecified atom stereocenters. The first kappa shape index (κ1) is 41.7. The standard InChI is InChI=1S/C34H68N2O7/c1-29(2,3)15-17-33(11,12)42-21-19-31(7,8)35-27(40)25(38)23-24(37)26(39)28(41)36-32(9,10)20-22-43-34(13,14)18-16-30(4,5)6/h24-26,37-39H,15-23H2,1-14H3,(H,35,40)(H,36,41)/t24-,25-,26+/m0/s1. The molecule has 0 fully saturated rings. The topological polar surface area (TPSA) is 137 Å². The van der Waals surface area contributed by atoms with Gasteiger partial charge in [0.2, 0.25) is 5.91 Å². The number of hydrogen-bond donors (Lipinski definition) is 5. The lowest BCUT2D eigenvalue weighted by atomic mass is 9.86. The average Bonchev–Trinajstić information content (AvgIpc) is 2.79. The molecular weight excluding hydrogens is 548 g/mol. The lowest BCUT2D eigenvalue weighted by Gasteiger charge is -2.33. The molecule has 0 aromatic heterocycles. The molecule has 9 nitrogen and oxygen atoms in total. The van der Waals surface area contributed by atoms with Crippen molar-refractivity contribution in [1.82, 2.24) is 10.6 Å². The predicted molar refractivity (Wildman–Crippen MR) is 174 cm³/mol. The molecular formula is C34H68N2O7. The molecule has 0 aliphatic rings. The largest absolute Gasteiger partial charge is 0.390 e. The Labute approximate surface area is 263 Å². The number of nitrogens with one attached hydrogen (secondary N) is 2. The number of amides is 2. The Hall–Kier alpha value is -1.26. The highest BCUT2D eigenvalue weighted by molar-refractivity contribution is 5.83. The summed E-state index contributed by atoms with van der Waals surface area (Å²) in [5.74, 6) is -1.46. The SMILES string of the molecule is CC(C)(C)CCC(C)(C)OCCC(C)(C)NC(=O)[C@@H](O)C[C@H](O)[C@@H](O)C(=O)NC(C)(C)CCOC(C)(C)CCC(C)(C)C. The molecule has 9 heteroatoms. The summed E-state index contributed by atoms with van der Waals surface area (Å²) in [5, 5.41) is 36.9. The van der Waals surface area contributed by atoms with Gasteiger partial charge in [-0.05, 0) is 105 Å². The number of carbonyl (C=O) groups excluding carboxylic acids is 2. The van der Waals surface area contributed by atoms with Crippen molar-refractivity contribution in [2.24, 2.45) is 10.8 Å².